The van der Waals surface area contributed by atoms with Gasteiger partial charge in [0.05, 0.1) is 0 Å². The van der Waals surface area contributed by atoms with Gasteiger partial charge >= 0.3 is 5.43 Å². The SMILES string of the molecule is C1CCOC1.O=C(Cl)OCc1ccccc1. The summed E-state index contributed by atoms with van der Waals surface area (Å²) < 4.78 is 9.50. The second-order valence-electron chi connectivity index (χ2n) is 3.33. The molecule has 0 spiro atoms. The van der Waals surface area contributed by atoms with Crippen molar-refractivity contribution in [1.29, 1.82) is 0 Å². The van der Waals surface area contributed by atoms with Gasteiger partial charge in [-0.05, 0) is 18.4 Å². The average Bonchev–Trinajstić information content (AvgIpc) is 2.86. The number of hydrogen-bond donors (Lipinski definition) is 0. The van der Waals surface area contributed by atoms with Gasteiger partial charge in [-0.15, -0.1) is 0 Å². The van der Waals surface area contributed by atoms with Crippen LogP contribution in [0.5, 0.6) is 0 Å². The molecule has 16 heavy (non-hydrogen) atoms. The van der Waals surface area contributed by atoms with Crippen molar-refractivity contribution in [2.24, 2.45) is 0 Å². The first-order valence-electron chi connectivity index (χ1n) is 5.23. The number of hydrogen-bond acceptors (Lipinski definition) is 3. The summed E-state index contributed by atoms with van der Waals surface area (Å²) in [4.78, 5) is 10.2. The molecule has 3 nitrogen and oxygen atoms in total. The van der Waals surface area contributed by atoms with Crippen LogP contribution < -0.4 is 0 Å². The molecule has 4 heteroatoms. The van der Waals surface area contributed by atoms with Gasteiger partial charge in [-0.1, -0.05) is 30.3 Å². The highest BCUT2D eigenvalue weighted by atomic mass is 35.5. The van der Waals surface area contributed by atoms with Crippen LogP contribution in [-0.4, -0.2) is 18.6 Å². The lowest BCUT2D eigenvalue weighted by Gasteiger charge is -1.98. The first-order valence-corrected chi connectivity index (χ1v) is 5.61. The van der Waals surface area contributed by atoms with E-state index in [1.54, 1.807) is 0 Å². The Morgan fingerprint density at radius 3 is 2.31 bits per heavy atom. The van der Waals surface area contributed by atoms with E-state index in [4.69, 9.17) is 16.3 Å². The van der Waals surface area contributed by atoms with Crippen LogP contribution in [0.2, 0.25) is 0 Å². The van der Waals surface area contributed by atoms with Crippen molar-refractivity contribution in [3.05, 3.63) is 35.9 Å². The lowest BCUT2D eigenvalue weighted by atomic mass is 10.2. The first-order chi connectivity index (χ1) is 7.79. The predicted octanol–water partition coefficient (Wildman–Crippen LogP) is 3.36. The zero-order valence-electron chi connectivity index (χ0n) is 9.02. The molecule has 1 heterocycles. The fraction of sp³-hybridized carbons (Fsp3) is 0.417. The summed E-state index contributed by atoms with van der Waals surface area (Å²) >= 11 is 4.97. The molecule has 0 saturated carbocycles. The number of carbonyl (C=O) groups excluding carboxylic acids is 1. The second-order valence-corrected chi connectivity index (χ2v) is 3.64. The van der Waals surface area contributed by atoms with Crippen molar-refractivity contribution in [3.63, 3.8) is 0 Å². The molecule has 0 bridgehead atoms. The summed E-state index contributed by atoms with van der Waals surface area (Å²) in [5.41, 5.74) is 0.162. The van der Waals surface area contributed by atoms with Gasteiger partial charge in [0.15, 0.2) is 0 Å². The van der Waals surface area contributed by atoms with Crippen LogP contribution in [0.1, 0.15) is 18.4 Å². The lowest BCUT2D eigenvalue weighted by molar-refractivity contribution is 0.167. The van der Waals surface area contributed by atoms with Gasteiger partial charge in [-0.3, -0.25) is 0 Å². The van der Waals surface area contributed by atoms with Crippen molar-refractivity contribution < 1.29 is 14.3 Å². The fourth-order valence-corrected chi connectivity index (χ4v) is 1.28. The van der Waals surface area contributed by atoms with Crippen LogP contribution >= 0.6 is 11.6 Å². The molecule has 0 radical (unpaired) electrons. The molecule has 0 N–H and O–H groups in total. The molecule has 1 fully saturated rings. The summed E-state index contributed by atoms with van der Waals surface area (Å²) in [7, 11) is 0. The molecule has 1 aromatic rings. The van der Waals surface area contributed by atoms with E-state index in [9.17, 15) is 4.79 Å². The van der Waals surface area contributed by atoms with Gasteiger partial charge < -0.3 is 9.47 Å². The zero-order chi connectivity index (χ0) is 11.6. The smallest absolute Gasteiger partial charge is 0.404 e. The van der Waals surface area contributed by atoms with E-state index in [0.29, 0.717) is 0 Å². The van der Waals surface area contributed by atoms with Crippen molar-refractivity contribution in [1.82, 2.24) is 0 Å². The zero-order valence-corrected chi connectivity index (χ0v) is 9.78. The molecular formula is C12H15ClO3. The van der Waals surface area contributed by atoms with Gasteiger partial charge in [0.25, 0.3) is 0 Å². The Bertz CT molecular complexity index is 289. The highest BCUT2D eigenvalue weighted by Crippen LogP contribution is 2.01. The Hall–Kier alpha value is -1.06. The summed E-state index contributed by atoms with van der Waals surface area (Å²) in [5.74, 6) is 0. The van der Waals surface area contributed by atoms with Crippen LogP contribution in [0, 0.1) is 0 Å². The molecule has 2 rings (SSSR count). The monoisotopic (exact) mass is 242 g/mol. The summed E-state index contributed by atoms with van der Waals surface area (Å²) in [6.07, 6.45) is 2.56. The van der Waals surface area contributed by atoms with Crippen LogP contribution in [-0.2, 0) is 16.1 Å². The number of ether oxygens (including phenoxy) is 2. The Labute approximate surface area is 100 Å². The maximum atomic E-state index is 10.2. The van der Waals surface area contributed by atoms with Crippen molar-refractivity contribution in [3.8, 4) is 0 Å². The topological polar surface area (TPSA) is 35.5 Å². The van der Waals surface area contributed by atoms with E-state index in [2.05, 4.69) is 4.74 Å². The largest absolute Gasteiger partial charge is 0.449 e. The first kappa shape index (κ1) is 13.0. The summed E-state index contributed by atoms with van der Waals surface area (Å²) in [5, 5.41) is 0. The molecule has 1 aliphatic rings. The van der Waals surface area contributed by atoms with E-state index in [1.165, 1.54) is 12.8 Å². The average molecular weight is 243 g/mol. The van der Waals surface area contributed by atoms with E-state index in [-0.39, 0.29) is 6.61 Å². The number of benzene rings is 1. The minimum Gasteiger partial charge on any atom is -0.449 e. The van der Waals surface area contributed by atoms with Crippen LogP contribution in [0.15, 0.2) is 30.3 Å². The van der Waals surface area contributed by atoms with E-state index in [1.807, 2.05) is 30.3 Å². The quantitative estimate of drug-likeness (QED) is 0.746. The molecule has 0 unspecified atom stereocenters. The van der Waals surface area contributed by atoms with Crippen molar-refractivity contribution >= 4 is 17.0 Å². The van der Waals surface area contributed by atoms with E-state index in [0.717, 1.165) is 18.8 Å². The molecule has 1 aliphatic heterocycles. The van der Waals surface area contributed by atoms with Gasteiger partial charge in [0.1, 0.15) is 6.61 Å². The second kappa shape index (κ2) is 8.13. The van der Waals surface area contributed by atoms with Gasteiger partial charge in [0, 0.05) is 24.8 Å². The van der Waals surface area contributed by atoms with Crippen LogP contribution in [0.3, 0.4) is 0 Å². The Kier molecular flexibility index (Phi) is 6.61. The van der Waals surface area contributed by atoms with Crippen LogP contribution in [0.25, 0.3) is 0 Å². The molecule has 1 aromatic carbocycles. The Morgan fingerprint density at radius 1 is 1.25 bits per heavy atom. The van der Waals surface area contributed by atoms with E-state index >= 15 is 0 Å². The number of carbonyl (C=O) groups is 1. The highest BCUT2D eigenvalue weighted by molar-refractivity contribution is 6.61. The Morgan fingerprint density at radius 2 is 1.88 bits per heavy atom. The summed E-state index contributed by atoms with van der Waals surface area (Å²) in [6.45, 7) is 2.24. The Balaban J connectivity index is 0.000000212. The standard InChI is InChI=1S/C8H7ClO2.C4H8O/c9-8(10)11-6-7-4-2-1-3-5-7;1-2-4-5-3-1/h1-5H,6H2;1-4H2. The number of rotatable bonds is 2. The lowest BCUT2D eigenvalue weighted by Crippen LogP contribution is -1.93. The van der Waals surface area contributed by atoms with Crippen molar-refractivity contribution in [2.45, 2.75) is 19.4 Å². The maximum absolute atomic E-state index is 10.2. The molecular weight excluding hydrogens is 228 g/mol. The molecule has 0 aliphatic carbocycles. The minimum absolute atomic E-state index is 0.239. The third-order valence-electron chi connectivity index (χ3n) is 2.02. The molecule has 0 aromatic heterocycles. The minimum atomic E-state index is -0.770. The van der Waals surface area contributed by atoms with Gasteiger partial charge in [0.2, 0.25) is 0 Å². The van der Waals surface area contributed by atoms with Gasteiger partial charge in [-0.25, -0.2) is 4.79 Å². The maximum Gasteiger partial charge on any atom is 0.404 e. The molecule has 0 atom stereocenters. The third-order valence-corrected chi connectivity index (χ3v) is 2.13. The van der Waals surface area contributed by atoms with E-state index < -0.39 is 5.43 Å². The summed E-state index contributed by atoms with van der Waals surface area (Å²) in [6, 6.07) is 9.36. The molecule has 1 saturated heterocycles. The van der Waals surface area contributed by atoms with Gasteiger partial charge in [-0.2, -0.15) is 0 Å². The van der Waals surface area contributed by atoms with Crippen LogP contribution in [0.4, 0.5) is 4.79 Å². The number of halogens is 1. The molecule has 0 amide bonds. The highest BCUT2D eigenvalue weighted by Gasteiger charge is 1.95. The molecule has 88 valence electrons. The van der Waals surface area contributed by atoms with Crippen molar-refractivity contribution in [2.75, 3.05) is 13.2 Å². The predicted molar refractivity (Wildman–Crippen MR) is 62.5 cm³/mol. The third kappa shape index (κ3) is 6.43. The fourth-order valence-electron chi connectivity index (χ4n) is 1.22. The normalized spacial score (nSPS) is 13.8.